The SMILES string of the molecule is COC(=O)c1cc2c(NC3CCCc4cc(OC)ccc4C3)ncnc2[nH]1. The van der Waals surface area contributed by atoms with Gasteiger partial charge in [-0.1, -0.05) is 6.07 Å². The van der Waals surface area contributed by atoms with Crippen LogP contribution >= 0.6 is 0 Å². The van der Waals surface area contributed by atoms with Crippen LogP contribution in [0.1, 0.15) is 34.5 Å². The van der Waals surface area contributed by atoms with Gasteiger partial charge in [-0.3, -0.25) is 0 Å². The van der Waals surface area contributed by atoms with Gasteiger partial charge in [0.05, 0.1) is 19.6 Å². The van der Waals surface area contributed by atoms with Crippen molar-refractivity contribution in [2.24, 2.45) is 0 Å². The normalized spacial score (nSPS) is 16.4. The van der Waals surface area contributed by atoms with E-state index in [9.17, 15) is 4.79 Å². The highest BCUT2D eigenvalue weighted by Gasteiger charge is 2.20. The van der Waals surface area contributed by atoms with Gasteiger partial charge in [-0.25, -0.2) is 14.8 Å². The molecule has 1 atom stereocenters. The molecule has 27 heavy (non-hydrogen) atoms. The van der Waals surface area contributed by atoms with Crippen molar-refractivity contribution in [2.75, 3.05) is 19.5 Å². The van der Waals surface area contributed by atoms with Crippen LogP contribution in [0.5, 0.6) is 5.75 Å². The number of nitrogens with one attached hydrogen (secondary N) is 2. The predicted molar refractivity (Wildman–Crippen MR) is 102 cm³/mol. The number of aromatic amines is 1. The molecule has 1 aliphatic rings. The van der Waals surface area contributed by atoms with Crippen LogP contribution in [-0.4, -0.2) is 41.2 Å². The van der Waals surface area contributed by atoms with Gasteiger partial charge in [0, 0.05) is 6.04 Å². The molecule has 0 saturated heterocycles. The second-order valence-corrected chi connectivity index (χ2v) is 6.73. The summed E-state index contributed by atoms with van der Waals surface area (Å²) in [5, 5.41) is 4.34. The number of fused-ring (bicyclic) bond motifs is 2. The Labute approximate surface area is 157 Å². The van der Waals surface area contributed by atoms with Crippen LogP contribution in [-0.2, 0) is 17.6 Å². The molecule has 0 bridgehead atoms. The lowest BCUT2D eigenvalue weighted by Crippen LogP contribution is -2.22. The van der Waals surface area contributed by atoms with E-state index in [1.165, 1.54) is 24.6 Å². The van der Waals surface area contributed by atoms with Crippen molar-refractivity contribution in [3.63, 3.8) is 0 Å². The number of anilines is 1. The molecule has 7 nitrogen and oxygen atoms in total. The summed E-state index contributed by atoms with van der Waals surface area (Å²) in [4.78, 5) is 23.4. The van der Waals surface area contributed by atoms with Gasteiger partial charge in [0.25, 0.3) is 0 Å². The zero-order valence-corrected chi connectivity index (χ0v) is 15.4. The van der Waals surface area contributed by atoms with Crippen LogP contribution in [0.2, 0.25) is 0 Å². The number of methoxy groups -OCH3 is 2. The fourth-order valence-corrected chi connectivity index (χ4v) is 3.66. The average molecular weight is 366 g/mol. The van der Waals surface area contributed by atoms with Gasteiger partial charge in [0.1, 0.15) is 29.2 Å². The first-order valence-electron chi connectivity index (χ1n) is 9.02. The number of aryl methyl sites for hydroxylation is 1. The van der Waals surface area contributed by atoms with Crippen molar-refractivity contribution in [3.05, 3.63) is 47.4 Å². The van der Waals surface area contributed by atoms with Crippen molar-refractivity contribution in [2.45, 2.75) is 31.7 Å². The minimum atomic E-state index is -0.420. The highest BCUT2D eigenvalue weighted by atomic mass is 16.5. The van der Waals surface area contributed by atoms with E-state index in [4.69, 9.17) is 9.47 Å². The molecule has 140 valence electrons. The molecule has 2 heterocycles. The van der Waals surface area contributed by atoms with Crippen molar-refractivity contribution in [3.8, 4) is 5.75 Å². The van der Waals surface area contributed by atoms with Gasteiger partial charge in [-0.15, -0.1) is 0 Å². The highest BCUT2D eigenvalue weighted by Crippen LogP contribution is 2.28. The summed E-state index contributed by atoms with van der Waals surface area (Å²) in [5.74, 6) is 1.21. The molecule has 7 heteroatoms. The largest absolute Gasteiger partial charge is 0.497 e. The van der Waals surface area contributed by atoms with Crippen molar-refractivity contribution >= 4 is 22.8 Å². The van der Waals surface area contributed by atoms with Crippen molar-refractivity contribution in [1.82, 2.24) is 15.0 Å². The molecule has 0 aliphatic heterocycles. The van der Waals surface area contributed by atoms with Crippen LogP contribution in [0.3, 0.4) is 0 Å². The molecule has 3 aromatic rings. The Morgan fingerprint density at radius 1 is 1.22 bits per heavy atom. The molecular weight excluding hydrogens is 344 g/mol. The molecule has 1 unspecified atom stereocenters. The predicted octanol–water partition coefficient (Wildman–Crippen LogP) is 3.11. The Balaban J connectivity index is 1.60. The zero-order valence-electron chi connectivity index (χ0n) is 15.4. The molecule has 4 rings (SSSR count). The maximum atomic E-state index is 11.8. The summed E-state index contributed by atoms with van der Waals surface area (Å²) in [5.41, 5.74) is 3.67. The molecule has 2 aromatic heterocycles. The van der Waals surface area contributed by atoms with E-state index in [0.29, 0.717) is 11.3 Å². The van der Waals surface area contributed by atoms with Crippen molar-refractivity contribution < 1.29 is 14.3 Å². The third-order valence-electron chi connectivity index (χ3n) is 5.05. The lowest BCUT2D eigenvalue weighted by Gasteiger charge is -2.18. The van der Waals surface area contributed by atoms with Gasteiger partial charge < -0.3 is 19.8 Å². The minimum Gasteiger partial charge on any atom is -0.497 e. The van der Waals surface area contributed by atoms with E-state index in [0.717, 1.165) is 42.6 Å². The number of aromatic nitrogens is 3. The maximum Gasteiger partial charge on any atom is 0.354 e. The molecular formula is C20H22N4O3. The third-order valence-corrected chi connectivity index (χ3v) is 5.05. The topological polar surface area (TPSA) is 89.1 Å². The molecule has 0 spiro atoms. The number of nitrogens with zero attached hydrogens (tertiary/aromatic N) is 2. The second kappa shape index (κ2) is 7.26. The third kappa shape index (κ3) is 3.45. The van der Waals surface area contributed by atoms with Gasteiger partial charge in [0.15, 0.2) is 0 Å². The molecule has 0 saturated carbocycles. The summed E-state index contributed by atoms with van der Waals surface area (Å²) in [6.07, 6.45) is 5.58. The Hall–Kier alpha value is -3.09. The monoisotopic (exact) mass is 366 g/mol. The molecule has 0 amide bonds. The summed E-state index contributed by atoms with van der Waals surface area (Å²) < 4.78 is 10.1. The fourth-order valence-electron chi connectivity index (χ4n) is 3.66. The number of ether oxygens (including phenoxy) is 2. The number of esters is 1. The minimum absolute atomic E-state index is 0.259. The molecule has 1 aromatic carbocycles. The summed E-state index contributed by atoms with van der Waals surface area (Å²) in [6, 6.07) is 8.29. The Bertz CT molecular complexity index is 983. The summed E-state index contributed by atoms with van der Waals surface area (Å²) >= 11 is 0. The van der Waals surface area contributed by atoms with Crippen LogP contribution in [0, 0.1) is 0 Å². The quantitative estimate of drug-likeness (QED) is 0.545. The molecule has 1 aliphatic carbocycles. The maximum absolute atomic E-state index is 11.8. The lowest BCUT2D eigenvalue weighted by molar-refractivity contribution is 0.0595. The van der Waals surface area contributed by atoms with Gasteiger partial charge in [0.2, 0.25) is 0 Å². The highest BCUT2D eigenvalue weighted by molar-refractivity contribution is 5.97. The van der Waals surface area contributed by atoms with E-state index in [1.54, 1.807) is 13.2 Å². The standard InChI is InChI=1S/C20H22N4O3/c1-26-15-7-6-13-8-14(5-3-4-12(13)9-15)23-18-16-10-17(20(25)27-2)24-19(16)22-11-21-18/h6-7,9-11,14H,3-5,8H2,1-2H3,(H2,21,22,23,24). The van der Waals surface area contributed by atoms with Gasteiger partial charge in [-0.2, -0.15) is 0 Å². The van der Waals surface area contributed by atoms with Gasteiger partial charge >= 0.3 is 5.97 Å². The number of carbonyl (C=O) groups excluding carboxylic acids is 1. The van der Waals surface area contributed by atoms with Crippen molar-refractivity contribution in [1.29, 1.82) is 0 Å². The summed E-state index contributed by atoms with van der Waals surface area (Å²) in [6.45, 7) is 0. The van der Waals surface area contributed by atoms with Crippen LogP contribution in [0.25, 0.3) is 11.0 Å². The van der Waals surface area contributed by atoms with Crippen LogP contribution in [0.15, 0.2) is 30.6 Å². The Morgan fingerprint density at radius 3 is 2.93 bits per heavy atom. The Morgan fingerprint density at radius 2 is 2.11 bits per heavy atom. The average Bonchev–Trinajstić information content (AvgIpc) is 3.03. The van der Waals surface area contributed by atoms with E-state index >= 15 is 0 Å². The Kier molecular flexibility index (Phi) is 4.66. The summed E-state index contributed by atoms with van der Waals surface area (Å²) in [7, 11) is 3.05. The van der Waals surface area contributed by atoms with E-state index in [2.05, 4.69) is 32.4 Å². The number of hydrogen-bond acceptors (Lipinski definition) is 6. The van der Waals surface area contributed by atoms with E-state index < -0.39 is 5.97 Å². The fraction of sp³-hybridized carbons (Fsp3) is 0.350. The smallest absolute Gasteiger partial charge is 0.354 e. The van der Waals surface area contributed by atoms with E-state index in [1.807, 2.05) is 6.07 Å². The number of hydrogen-bond donors (Lipinski definition) is 2. The molecule has 0 radical (unpaired) electrons. The number of rotatable bonds is 4. The molecule has 2 N–H and O–H groups in total. The number of benzene rings is 1. The van der Waals surface area contributed by atoms with Crippen LogP contribution in [0.4, 0.5) is 5.82 Å². The first-order valence-corrected chi connectivity index (χ1v) is 9.02. The first-order chi connectivity index (χ1) is 13.2. The lowest BCUT2D eigenvalue weighted by atomic mass is 10.0. The zero-order chi connectivity index (χ0) is 18.8. The second-order valence-electron chi connectivity index (χ2n) is 6.73. The van der Waals surface area contributed by atoms with E-state index in [-0.39, 0.29) is 6.04 Å². The van der Waals surface area contributed by atoms with Crippen LogP contribution < -0.4 is 10.1 Å². The number of H-pyrrole nitrogens is 1. The molecule has 0 fully saturated rings. The number of carbonyl (C=O) groups is 1. The van der Waals surface area contributed by atoms with Gasteiger partial charge in [-0.05, 0) is 55.0 Å². The first kappa shape index (κ1) is 17.3.